The second-order valence-electron chi connectivity index (χ2n) is 3.38. The quantitative estimate of drug-likeness (QED) is 0.550. The van der Waals surface area contributed by atoms with Crippen molar-refractivity contribution in [1.29, 1.82) is 0 Å². The van der Waals surface area contributed by atoms with Crippen LogP contribution in [0.2, 0.25) is 0 Å². The van der Waals surface area contributed by atoms with Crippen LogP contribution in [-0.4, -0.2) is 23.9 Å². The first kappa shape index (κ1) is 9.23. The molecule has 0 atom stereocenters. The van der Waals surface area contributed by atoms with E-state index in [1.54, 1.807) is 0 Å². The molecule has 1 rings (SSSR count). The van der Waals surface area contributed by atoms with Crippen LogP contribution in [0.15, 0.2) is 12.4 Å². The maximum atomic E-state index is 12.4. The summed E-state index contributed by atoms with van der Waals surface area (Å²) in [6.45, 7) is 6.48. The molecule has 1 saturated heterocycles. The third kappa shape index (κ3) is 2.06. The minimum absolute atomic E-state index is 0.540. The van der Waals surface area contributed by atoms with Crippen molar-refractivity contribution in [1.82, 2.24) is 4.90 Å². The second-order valence-corrected chi connectivity index (χ2v) is 3.38. The van der Waals surface area contributed by atoms with Crippen molar-refractivity contribution in [2.75, 3.05) is 13.1 Å². The molecule has 0 aromatic heterocycles. The monoisotopic (exact) mass is 171 g/mol. The predicted octanol–water partition coefficient (Wildman–Crippen LogP) is 1.73. The molecular weight excluding hydrogens is 157 g/mol. The van der Waals surface area contributed by atoms with Gasteiger partial charge in [-0.05, 0) is 18.8 Å². The van der Waals surface area contributed by atoms with Gasteiger partial charge in [0.05, 0.1) is 0 Å². The Hall–Kier alpha value is -0.860. The fourth-order valence-corrected chi connectivity index (χ4v) is 1.38. The predicted molar refractivity (Wildman–Crippen MR) is 45.2 cm³/mol. The molecule has 1 amide bonds. The van der Waals surface area contributed by atoms with Gasteiger partial charge in [0.25, 0.3) is 5.91 Å². The number of piperidine rings is 1. The molecule has 12 heavy (non-hydrogen) atoms. The lowest BCUT2D eigenvalue weighted by Crippen LogP contribution is -2.37. The van der Waals surface area contributed by atoms with Crippen molar-refractivity contribution in [3.8, 4) is 0 Å². The first-order valence-electron chi connectivity index (χ1n) is 4.25. The smallest absolute Gasteiger partial charge is 0.281 e. The van der Waals surface area contributed by atoms with Crippen molar-refractivity contribution in [3.05, 3.63) is 12.4 Å². The number of hydrogen-bond donors (Lipinski definition) is 0. The summed E-state index contributed by atoms with van der Waals surface area (Å²) in [5, 5.41) is 0. The number of carbonyl (C=O) groups excluding carboxylic acids is 1. The van der Waals surface area contributed by atoms with E-state index >= 15 is 0 Å². The molecule has 0 unspecified atom stereocenters. The highest BCUT2D eigenvalue weighted by molar-refractivity contribution is 5.90. The van der Waals surface area contributed by atoms with Gasteiger partial charge in [0.15, 0.2) is 5.83 Å². The van der Waals surface area contributed by atoms with Gasteiger partial charge < -0.3 is 4.90 Å². The van der Waals surface area contributed by atoms with Gasteiger partial charge in [-0.25, -0.2) is 4.39 Å². The Bertz CT molecular complexity index is 195. The molecular formula is C9H14FNO. The molecule has 1 fully saturated rings. The molecule has 68 valence electrons. The van der Waals surface area contributed by atoms with Crippen molar-refractivity contribution < 1.29 is 9.18 Å². The first-order chi connectivity index (χ1) is 5.61. The highest BCUT2D eigenvalue weighted by Gasteiger charge is 2.21. The lowest BCUT2D eigenvalue weighted by Gasteiger charge is -2.29. The van der Waals surface area contributed by atoms with Gasteiger partial charge in [-0.3, -0.25) is 4.79 Å². The number of likely N-dealkylation sites (tertiary alicyclic amines) is 1. The van der Waals surface area contributed by atoms with Gasteiger partial charge in [0.1, 0.15) is 0 Å². The zero-order valence-corrected chi connectivity index (χ0v) is 7.35. The lowest BCUT2D eigenvalue weighted by molar-refractivity contribution is -0.129. The Morgan fingerprint density at radius 3 is 2.42 bits per heavy atom. The third-order valence-corrected chi connectivity index (χ3v) is 2.30. The fourth-order valence-electron chi connectivity index (χ4n) is 1.38. The summed E-state index contributed by atoms with van der Waals surface area (Å²) in [4.78, 5) is 12.6. The van der Waals surface area contributed by atoms with Gasteiger partial charge in [-0.1, -0.05) is 13.5 Å². The normalized spacial score (nSPS) is 19.3. The average molecular weight is 171 g/mol. The molecule has 0 aromatic carbocycles. The molecule has 1 heterocycles. The molecule has 0 radical (unpaired) electrons. The van der Waals surface area contributed by atoms with E-state index in [0.29, 0.717) is 19.0 Å². The van der Waals surface area contributed by atoms with Crippen LogP contribution in [0.4, 0.5) is 4.39 Å². The van der Waals surface area contributed by atoms with Crippen molar-refractivity contribution in [2.24, 2.45) is 5.92 Å². The van der Waals surface area contributed by atoms with E-state index in [0.717, 1.165) is 12.8 Å². The molecule has 0 spiro atoms. The zero-order chi connectivity index (χ0) is 9.14. The SMILES string of the molecule is C=C(F)C(=O)N1CCC(C)CC1. The molecule has 1 aliphatic heterocycles. The number of amides is 1. The summed E-state index contributed by atoms with van der Waals surface area (Å²) >= 11 is 0. The first-order valence-corrected chi connectivity index (χ1v) is 4.25. The molecule has 0 aliphatic carbocycles. The highest BCUT2D eigenvalue weighted by atomic mass is 19.1. The maximum Gasteiger partial charge on any atom is 0.281 e. The molecule has 1 aliphatic rings. The maximum absolute atomic E-state index is 12.4. The van der Waals surface area contributed by atoms with Gasteiger partial charge in [-0.2, -0.15) is 0 Å². The number of nitrogens with zero attached hydrogens (tertiary/aromatic N) is 1. The molecule has 2 nitrogen and oxygen atoms in total. The van der Waals surface area contributed by atoms with E-state index in [-0.39, 0.29) is 0 Å². The second kappa shape index (κ2) is 3.70. The fraction of sp³-hybridized carbons (Fsp3) is 0.667. The van der Waals surface area contributed by atoms with E-state index in [9.17, 15) is 9.18 Å². The van der Waals surface area contributed by atoms with Crippen LogP contribution in [0.5, 0.6) is 0 Å². The number of halogens is 1. The minimum Gasteiger partial charge on any atom is -0.337 e. The van der Waals surface area contributed by atoms with Gasteiger partial charge >= 0.3 is 0 Å². The minimum atomic E-state index is -0.843. The lowest BCUT2D eigenvalue weighted by atomic mass is 9.99. The van der Waals surface area contributed by atoms with Crippen LogP contribution in [0, 0.1) is 5.92 Å². The Labute approximate surface area is 72.1 Å². The number of rotatable bonds is 1. The molecule has 0 saturated carbocycles. The van der Waals surface area contributed by atoms with Gasteiger partial charge in [0, 0.05) is 13.1 Å². The van der Waals surface area contributed by atoms with E-state index in [2.05, 4.69) is 13.5 Å². The van der Waals surface area contributed by atoms with Crippen molar-refractivity contribution in [3.63, 3.8) is 0 Å². The largest absolute Gasteiger partial charge is 0.337 e. The summed E-state index contributed by atoms with van der Waals surface area (Å²) < 4.78 is 12.4. The van der Waals surface area contributed by atoms with E-state index in [1.165, 1.54) is 4.90 Å². The number of hydrogen-bond acceptors (Lipinski definition) is 1. The van der Waals surface area contributed by atoms with E-state index in [1.807, 2.05) is 0 Å². The Kier molecular flexibility index (Phi) is 2.84. The Morgan fingerprint density at radius 2 is 2.00 bits per heavy atom. The van der Waals surface area contributed by atoms with Gasteiger partial charge in [0.2, 0.25) is 0 Å². The standard InChI is InChI=1S/C9H14FNO/c1-7-3-5-11(6-4-7)9(12)8(2)10/h7H,2-6H2,1H3. The Balaban J connectivity index is 2.44. The van der Waals surface area contributed by atoms with Crippen molar-refractivity contribution >= 4 is 5.91 Å². The van der Waals surface area contributed by atoms with Crippen LogP contribution >= 0.6 is 0 Å². The molecule has 0 N–H and O–H groups in total. The summed E-state index contributed by atoms with van der Waals surface area (Å²) in [6.07, 6.45) is 1.94. The molecule has 0 aromatic rings. The third-order valence-electron chi connectivity index (χ3n) is 2.30. The summed E-state index contributed by atoms with van der Waals surface area (Å²) in [6, 6.07) is 0. The Morgan fingerprint density at radius 1 is 1.50 bits per heavy atom. The summed E-state index contributed by atoms with van der Waals surface area (Å²) in [5.41, 5.74) is 0. The highest BCUT2D eigenvalue weighted by Crippen LogP contribution is 2.17. The van der Waals surface area contributed by atoms with E-state index < -0.39 is 11.7 Å². The van der Waals surface area contributed by atoms with Crippen LogP contribution < -0.4 is 0 Å². The van der Waals surface area contributed by atoms with Crippen molar-refractivity contribution in [2.45, 2.75) is 19.8 Å². The van der Waals surface area contributed by atoms with Gasteiger partial charge in [-0.15, -0.1) is 0 Å². The summed E-state index contributed by atoms with van der Waals surface area (Å²) in [7, 11) is 0. The molecule has 3 heteroatoms. The van der Waals surface area contributed by atoms with E-state index in [4.69, 9.17) is 0 Å². The van der Waals surface area contributed by atoms with Crippen LogP contribution in [0.1, 0.15) is 19.8 Å². The topological polar surface area (TPSA) is 20.3 Å². The molecule has 0 bridgehead atoms. The zero-order valence-electron chi connectivity index (χ0n) is 7.35. The summed E-state index contributed by atoms with van der Waals surface area (Å²) in [5.74, 6) is -0.728. The number of carbonyl (C=O) groups is 1. The van der Waals surface area contributed by atoms with Crippen LogP contribution in [0.25, 0.3) is 0 Å². The average Bonchev–Trinajstić information content (AvgIpc) is 2.04. The van der Waals surface area contributed by atoms with Crippen LogP contribution in [0.3, 0.4) is 0 Å². The van der Waals surface area contributed by atoms with Crippen LogP contribution in [-0.2, 0) is 4.79 Å².